The number of nitrogen functional groups attached to an aromatic ring is 1. The van der Waals surface area contributed by atoms with Crippen LogP contribution in [0.25, 0.3) is 0 Å². The molecule has 0 saturated heterocycles. The van der Waals surface area contributed by atoms with Gasteiger partial charge in [-0.15, -0.1) is 0 Å². The molecule has 0 aliphatic heterocycles. The largest absolute Gasteiger partial charge is 0.494 e. The minimum absolute atomic E-state index is 0.435. The van der Waals surface area contributed by atoms with Crippen molar-refractivity contribution in [3.05, 3.63) is 23.8 Å². The molecule has 1 aromatic carbocycles. The molecule has 1 aromatic rings. The van der Waals surface area contributed by atoms with Gasteiger partial charge in [0.2, 0.25) is 0 Å². The molecule has 1 unspecified atom stereocenters. The lowest BCUT2D eigenvalue weighted by Gasteiger charge is -2.16. The second kappa shape index (κ2) is 6.50. The van der Waals surface area contributed by atoms with Gasteiger partial charge in [-0.1, -0.05) is 20.8 Å². The van der Waals surface area contributed by atoms with Crippen LogP contribution in [-0.4, -0.2) is 11.7 Å². The Hall–Kier alpha value is -1.22. The summed E-state index contributed by atoms with van der Waals surface area (Å²) in [6.45, 7) is 6.91. The number of rotatable bonds is 6. The van der Waals surface area contributed by atoms with Crippen LogP contribution in [0.4, 0.5) is 5.69 Å². The van der Waals surface area contributed by atoms with Gasteiger partial charge in [0.05, 0.1) is 12.7 Å². The molecule has 0 aliphatic carbocycles. The first-order chi connectivity index (χ1) is 8.04. The van der Waals surface area contributed by atoms with Gasteiger partial charge in [0.1, 0.15) is 5.75 Å². The molecule has 96 valence electrons. The van der Waals surface area contributed by atoms with E-state index < -0.39 is 6.10 Å². The summed E-state index contributed by atoms with van der Waals surface area (Å²) in [5, 5.41) is 10.1. The molecule has 0 fully saturated rings. The monoisotopic (exact) mass is 237 g/mol. The Morgan fingerprint density at radius 1 is 1.35 bits per heavy atom. The third-order valence-corrected chi connectivity index (χ3v) is 2.58. The molecule has 3 N–H and O–H groups in total. The van der Waals surface area contributed by atoms with Crippen molar-refractivity contribution in [2.24, 2.45) is 5.92 Å². The predicted octanol–water partition coefficient (Wildman–Crippen LogP) is 3.14. The summed E-state index contributed by atoms with van der Waals surface area (Å²) in [5.74, 6) is 1.21. The Morgan fingerprint density at radius 2 is 2.06 bits per heavy atom. The number of aliphatic hydroxyl groups excluding tert-OH is 1. The lowest BCUT2D eigenvalue weighted by Crippen LogP contribution is -2.06. The maximum absolute atomic E-state index is 10.1. The SMILES string of the molecule is CCCOc1ccc(N)c(C(O)CC(C)C)c1. The number of benzene rings is 1. The Bertz CT molecular complexity index is 350. The fourth-order valence-electron chi connectivity index (χ4n) is 1.72. The molecule has 0 bridgehead atoms. The number of nitrogens with two attached hydrogens (primary N) is 1. The van der Waals surface area contributed by atoms with Gasteiger partial charge in [-0.2, -0.15) is 0 Å². The Morgan fingerprint density at radius 3 is 2.65 bits per heavy atom. The second-order valence-electron chi connectivity index (χ2n) is 4.78. The zero-order valence-corrected chi connectivity index (χ0v) is 10.9. The lowest BCUT2D eigenvalue weighted by molar-refractivity contribution is 0.151. The van der Waals surface area contributed by atoms with Gasteiger partial charge < -0.3 is 15.6 Å². The molecule has 0 aromatic heterocycles. The first-order valence-electron chi connectivity index (χ1n) is 6.24. The van der Waals surface area contributed by atoms with Crippen LogP contribution in [-0.2, 0) is 0 Å². The van der Waals surface area contributed by atoms with Crippen molar-refractivity contribution in [1.82, 2.24) is 0 Å². The Balaban J connectivity index is 2.81. The lowest BCUT2D eigenvalue weighted by atomic mass is 9.98. The van der Waals surface area contributed by atoms with Crippen molar-refractivity contribution in [1.29, 1.82) is 0 Å². The molecule has 1 rings (SSSR count). The van der Waals surface area contributed by atoms with E-state index >= 15 is 0 Å². The van der Waals surface area contributed by atoms with Crippen molar-refractivity contribution in [3.8, 4) is 5.75 Å². The van der Waals surface area contributed by atoms with Crippen molar-refractivity contribution >= 4 is 5.69 Å². The molecule has 0 aliphatic rings. The molecular formula is C14H23NO2. The topological polar surface area (TPSA) is 55.5 Å². The standard InChI is InChI=1S/C14H23NO2/c1-4-7-17-11-5-6-13(15)12(9-11)14(16)8-10(2)3/h5-6,9-10,14,16H,4,7-8,15H2,1-3H3. The van der Waals surface area contributed by atoms with Crippen LogP contribution in [0.2, 0.25) is 0 Å². The van der Waals surface area contributed by atoms with Crippen molar-refractivity contribution in [2.45, 2.75) is 39.7 Å². The minimum Gasteiger partial charge on any atom is -0.494 e. The number of hydrogen-bond donors (Lipinski definition) is 2. The molecule has 3 nitrogen and oxygen atoms in total. The number of ether oxygens (including phenoxy) is 1. The van der Waals surface area contributed by atoms with E-state index in [4.69, 9.17) is 10.5 Å². The smallest absolute Gasteiger partial charge is 0.119 e. The molecule has 1 atom stereocenters. The normalized spacial score (nSPS) is 12.8. The fourth-order valence-corrected chi connectivity index (χ4v) is 1.72. The highest BCUT2D eigenvalue weighted by Gasteiger charge is 2.13. The highest BCUT2D eigenvalue weighted by molar-refractivity contribution is 5.51. The van der Waals surface area contributed by atoms with E-state index in [0.29, 0.717) is 24.6 Å². The molecule has 3 heteroatoms. The van der Waals surface area contributed by atoms with Crippen LogP contribution in [0.15, 0.2) is 18.2 Å². The Labute approximate surface area is 104 Å². The molecule has 0 radical (unpaired) electrons. The summed E-state index contributed by atoms with van der Waals surface area (Å²) in [4.78, 5) is 0. The fraction of sp³-hybridized carbons (Fsp3) is 0.571. The van der Waals surface area contributed by atoms with E-state index in [-0.39, 0.29) is 0 Å². The van der Waals surface area contributed by atoms with E-state index in [2.05, 4.69) is 20.8 Å². The van der Waals surface area contributed by atoms with Crippen LogP contribution in [0, 0.1) is 5.92 Å². The summed E-state index contributed by atoms with van der Waals surface area (Å²) >= 11 is 0. The van der Waals surface area contributed by atoms with E-state index in [1.165, 1.54) is 0 Å². The predicted molar refractivity (Wildman–Crippen MR) is 71.1 cm³/mol. The van der Waals surface area contributed by atoms with E-state index in [0.717, 1.165) is 17.7 Å². The van der Waals surface area contributed by atoms with Crippen molar-refractivity contribution < 1.29 is 9.84 Å². The van der Waals surface area contributed by atoms with Gasteiger partial charge in [0.15, 0.2) is 0 Å². The first kappa shape index (κ1) is 13.8. The average molecular weight is 237 g/mol. The molecule has 0 saturated carbocycles. The summed E-state index contributed by atoms with van der Waals surface area (Å²) in [6.07, 6.45) is 1.16. The third kappa shape index (κ3) is 4.27. The molecule has 0 spiro atoms. The van der Waals surface area contributed by atoms with Crippen LogP contribution >= 0.6 is 0 Å². The molecule has 0 heterocycles. The maximum atomic E-state index is 10.1. The van der Waals surface area contributed by atoms with Crippen LogP contribution in [0.1, 0.15) is 45.3 Å². The maximum Gasteiger partial charge on any atom is 0.119 e. The Kier molecular flexibility index (Phi) is 5.29. The van der Waals surface area contributed by atoms with Crippen LogP contribution in [0.3, 0.4) is 0 Å². The second-order valence-corrected chi connectivity index (χ2v) is 4.78. The average Bonchev–Trinajstić information content (AvgIpc) is 2.27. The van der Waals surface area contributed by atoms with Crippen molar-refractivity contribution in [2.75, 3.05) is 12.3 Å². The highest BCUT2D eigenvalue weighted by Crippen LogP contribution is 2.29. The van der Waals surface area contributed by atoms with E-state index in [1.807, 2.05) is 12.1 Å². The highest BCUT2D eigenvalue weighted by atomic mass is 16.5. The van der Waals surface area contributed by atoms with Gasteiger partial charge in [0.25, 0.3) is 0 Å². The molecule has 0 amide bonds. The van der Waals surface area contributed by atoms with Crippen molar-refractivity contribution in [3.63, 3.8) is 0 Å². The zero-order chi connectivity index (χ0) is 12.8. The van der Waals surface area contributed by atoms with Gasteiger partial charge in [-0.25, -0.2) is 0 Å². The summed E-state index contributed by atoms with van der Waals surface area (Å²) in [5.41, 5.74) is 7.28. The van der Waals surface area contributed by atoms with Gasteiger partial charge in [-0.3, -0.25) is 0 Å². The van der Waals surface area contributed by atoms with E-state index in [1.54, 1.807) is 6.07 Å². The number of aliphatic hydroxyl groups is 1. The summed E-state index contributed by atoms with van der Waals surface area (Å²) in [6, 6.07) is 5.48. The van der Waals surface area contributed by atoms with Gasteiger partial charge in [-0.05, 0) is 37.0 Å². The molecule has 17 heavy (non-hydrogen) atoms. The number of hydrogen-bond acceptors (Lipinski definition) is 3. The third-order valence-electron chi connectivity index (χ3n) is 2.58. The van der Waals surface area contributed by atoms with Gasteiger partial charge >= 0.3 is 0 Å². The van der Waals surface area contributed by atoms with E-state index in [9.17, 15) is 5.11 Å². The number of anilines is 1. The first-order valence-corrected chi connectivity index (χ1v) is 6.24. The molecular weight excluding hydrogens is 214 g/mol. The minimum atomic E-state index is -0.514. The quantitative estimate of drug-likeness (QED) is 0.747. The summed E-state index contributed by atoms with van der Waals surface area (Å²) < 4.78 is 5.54. The summed E-state index contributed by atoms with van der Waals surface area (Å²) in [7, 11) is 0. The zero-order valence-electron chi connectivity index (χ0n) is 10.9. The van der Waals surface area contributed by atoms with Gasteiger partial charge in [0, 0.05) is 11.3 Å². The van der Waals surface area contributed by atoms with Crippen LogP contribution in [0.5, 0.6) is 5.75 Å². The van der Waals surface area contributed by atoms with Crippen LogP contribution < -0.4 is 10.5 Å².